The predicted octanol–water partition coefficient (Wildman–Crippen LogP) is 3.70. The summed E-state index contributed by atoms with van der Waals surface area (Å²) in [6.45, 7) is -3.11. The van der Waals surface area contributed by atoms with Gasteiger partial charge in [-0.3, -0.25) is 4.90 Å². The minimum Gasteiger partial charge on any atom is -0.485 e. The number of hydrogen-bond acceptors (Lipinski definition) is 4. The van der Waals surface area contributed by atoms with Crippen LogP contribution in [0.3, 0.4) is 0 Å². The minimum absolute atomic E-state index is 0.0354. The van der Waals surface area contributed by atoms with E-state index in [1.54, 1.807) is 12.1 Å². The van der Waals surface area contributed by atoms with Crippen LogP contribution < -0.4 is 9.47 Å². The number of carboxylic acids is 1. The second-order valence-electron chi connectivity index (χ2n) is 6.20. The van der Waals surface area contributed by atoms with Crippen LogP contribution in [0, 0.1) is 0 Å². The number of ether oxygens (including phenoxy) is 2. The molecule has 0 spiro atoms. The summed E-state index contributed by atoms with van der Waals surface area (Å²) in [6, 6.07) is 11.9. The highest BCUT2D eigenvalue weighted by molar-refractivity contribution is 5.89. The van der Waals surface area contributed by atoms with E-state index in [1.165, 1.54) is 24.3 Å². The average Bonchev–Trinajstić information content (AvgIpc) is 3.14. The first-order valence-corrected chi connectivity index (χ1v) is 8.54. The lowest BCUT2D eigenvalue weighted by Gasteiger charge is -2.18. The maximum atomic E-state index is 12.7. The zero-order valence-electron chi connectivity index (χ0n) is 15.0. The van der Waals surface area contributed by atoms with Gasteiger partial charge in [-0.25, -0.2) is 9.59 Å². The summed E-state index contributed by atoms with van der Waals surface area (Å²) in [4.78, 5) is 23.4. The lowest BCUT2D eigenvalue weighted by Crippen LogP contribution is -2.40. The number of alkyl halides is 2. The Labute approximate surface area is 164 Å². The topological polar surface area (TPSA) is 96.3 Å². The summed E-state index contributed by atoms with van der Waals surface area (Å²) >= 11 is 0. The lowest BCUT2D eigenvalue weighted by molar-refractivity contribution is -0.140. The van der Waals surface area contributed by atoms with Gasteiger partial charge in [-0.1, -0.05) is 36.4 Å². The molecule has 29 heavy (non-hydrogen) atoms. The maximum absolute atomic E-state index is 12.7. The summed E-state index contributed by atoms with van der Waals surface area (Å²) < 4.78 is 35.6. The third-order valence-corrected chi connectivity index (χ3v) is 4.30. The molecule has 1 heterocycles. The number of halogens is 2. The highest BCUT2D eigenvalue weighted by Gasteiger charge is 2.34. The van der Waals surface area contributed by atoms with Crippen LogP contribution in [-0.2, 0) is 11.4 Å². The van der Waals surface area contributed by atoms with Gasteiger partial charge in [-0.15, -0.1) is 0 Å². The van der Waals surface area contributed by atoms with Gasteiger partial charge in [0.1, 0.15) is 6.61 Å². The number of hydrogen-bond donors (Lipinski definition) is 2. The van der Waals surface area contributed by atoms with Crippen molar-refractivity contribution >= 4 is 17.6 Å². The van der Waals surface area contributed by atoms with Crippen LogP contribution in [0.15, 0.2) is 54.6 Å². The minimum atomic E-state index is -3.05. The fourth-order valence-electron chi connectivity index (χ4n) is 2.94. The van der Waals surface area contributed by atoms with Gasteiger partial charge in [0.15, 0.2) is 17.5 Å². The van der Waals surface area contributed by atoms with Gasteiger partial charge in [0.25, 0.3) is 0 Å². The molecule has 1 atom stereocenters. The monoisotopic (exact) mass is 405 g/mol. The van der Waals surface area contributed by atoms with Crippen molar-refractivity contribution in [2.45, 2.75) is 19.3 Å². The van der Waals surface area contributed by atoms with Crippen molar-refractivity contribution in [3.8, 4) is 11.5 Å². The zero-order valence-corrected chi connectivity index (χ0v) is 15.0. The van der Waals surface area contributed by atoms with Crippen LogP contribution in [0.2, 0.25) is 0 Å². The Hall–Kier alpha value is -3.62. The fourth-order valence-corrected chi connectivity index (χ4v) is 2.94. The summed E-state index contributed by atoms with van der Waals surface area (Å²) in [5.74, 6) is -1.45. The molecule has 3 rings (SSSR count). The van der Waals surface area contributed by atoms with Gasteiger partial charge in [-0.05, 0) is 34.9 Å². The summed E-state index contributed by atoms with van der Waals surface area (Å²) in [6.07, 6.45) is -0.0673. The molecule has 0 saturated heterocycles. The van der Waals surface area contributed by atoms with Crippen LogP contribution in [0.25, 0.3) is 5.57 Å². The number of rotatable bonds is 7. The molecule has 2 aromatic rings. The summed E-state index contributed by atoms with van der Waals surface area (Å²) in [5, 5.41) is 18.4. The first-order valence-electron chi connectivity index (χ1n) is 8.54. The van der Waals surface area contributed by atoms with Crippen LogP contribution in [0.1, 0.15) is 11.1 Å². The van der Waals surface area contributed by atoms with Crippen molar-refractivity contribution in [1.82, 2.24) is 4.90 Å². The molecule has 0 fully saturated rings. The van der Waals surface area contributed by atoms with E-state index < -0.39 is 24.7 Å². The molecule has 152 valence electrons. The summed E-state index contributed by atoms with van der Waals surface area (Å²) in [7, 11) is 0. The third-order valence-electron chi connectivity index (χ3n) is 4.30. The molecule has 2 N–H and O–H groups in total. The van der Waals surface area contributed by atoms with Crippen LogP contribution in [0.4, 0.5) is 13.6 Å². The first kappa shape index (κ1) is 20.1. The first-order chi connectivity index (χ1) is 13.8. The second kappa shape index (κ2) is 8.59. The average molecular weight is 405 g/mol. The van der Waals surface area contributed by atoms with E-state index in [0.717, 1.165) is 10.5 Å². The molecule has 1 amide bonds. The summed E-state index contributed by atoms with van der Waals surface area (Å²) in [5.41, 5.74) is 1.68. The Morgan fingerprint density at radius 1 is 1.10 bits per heavy atom. The Morgan fingerprint density at radius 2 is 1.83 bits per heavy atom. The van der Waals surface area contributed by atoms with Crippen LogP contribution in [0.5, 0.6) is 11.5 Å². The van der Waals surface area contributed by atoms with E-state index in [-0.39, 0.29) is 24.7 Å². The Kier molecular flexibility index (Phi) is 5.96. The van der Waals surface area contributed by atoms with E-state index >= 15 is 0 Å². The van der Waals surface area contributed by atoms with E-state index in [2.05, 4.69) is 4.74 Å². The van der Waals surface area contributed by atoms with Crippen molar-refractivity contribution in [2.24, 2.45) is 0 Å². The van der Waals surface area contributed by atoms with Crippen molar-refractivity contribution in [2.75, 3.05) is 6.54 Å². The molecule has 0 radical (unpaired) electrons. The Balaban J connectivity index is 1.89. The van der Waals surface area contributed by atoms with Gasteiger partial charge < -0.3 is 19.7 Å². The SMILES string of the molecule is O=C(O)[C@H]1C=C(c2ccc(OC(F)F)c(OCc3ccccc3)c2)CN1C(=O)O. The number of aliphatic carboxylic acids is 1. The van der Waals surface area contributed by atoms with Crippen molar-refractivity contribution in [3.63, 3.8) is 0 Å². The molecular formula is C20H17F2NO6. The van der Waals surface area contributed by atoms with E-state index in [1.807, 2.05) is 18.2 Å². The molecular weight excluding hydrogens is 388 g/mol. The quantitative estimate of drug-likeness (QED) is 0.729. The van der Waals surface area contributed by atoms with E-state index in [9.17, 15) is 28.6 Å². The molecule has 0 unspecified atom stereocenters. The number of carbonyl (C=O) groups is 2. The van der Waals surface area contributed by atoms with Crippen molar-refractivity contribution in [3.05, 3.63) is 65.7 Å². The van der Waals surface area contributed by atoms with Gasteiger partial charge in [-0.2, -0.15) is 8.78 Å². The second-order valence-corrected chi connectivity index (χ2v) is 6.20. The largest absolute Gasteiger partial charge is 0.485 e. The van der Waals surface area contributed by atoms with Crippen LogP contribution in [-0.4, -0.2) is 46.4 Å². The number of benzene rings is 2. The fraction of sp³-hybridized carbons (Fsp3) is 0.200. The molecule has 7 nitrogen and oxygen atoms in total. The van der Waals surface area contributed by atoms with Crippen LogP contribution >= 0.6 is 0 Å². The molecule has 1 aliphatic rings. The third kappa shape index (κ3) is 4.81. The standard InChI is InChI=1S/C20H17F2NO6/c21-19(22)29-16-7-6-13(9-17(16)28-11-12-4-2-1-3-5-12)14-8-15(18(24)25)23(10-14)20(26)27/h1-9,15,19H,10-11H2,(H,24,25)(H,26,27)/t15-/m1/s1. The van der Waals surface area contributed by atoms with Crippen molar-refractivity contribution in [1.29, 1.82) is 0 Å². The maximum Gasteiger partial charge on any atom is 0.408 e. The number of amides is 1. The molecule has 1 aliphatic heterocycles. The molecule has 2 aromatic carbocycles. The van der Waals surface area contributed by atoms with Gasteiger partial charge in [0.05, 0.1) is 6.54 Å². The number of nitrogens with zero attached hydrogens (tertiary/aromatic N) is 1. The number of carboxylic acid groups (broad SMARTS) is 2. The zero-order chi connectivity index (χ0) is 21.0. The molecule has 9 heteroatoms. The van der Waals surface area contributed by atoms with E-state index in [4.69, 9.17) is 4.74 Å². The molecule has 0 saturated carbocycles. The van der Waals surface area contributed by atoms with Gasteiger partial charge in [0.2, 0.25) is 0 Å². The Bertz CT molecular complexity index is 932. The molecule has 0 aromatic heterocycles. The highest BCUT2D eigenvalue weighted by atomic mass is 19.3. The normalized spacial score (nSPS) is 15.9. The van der Waals surface area contributed by atoms with E-state index in [0.29, 0.717) is 11.1 Å². The Morgan fingerprint density at radius 3 is 2.41 bits per heavy atom. The predicted molar refractivity (Wildman–Crippen MR) is 98.0 cm³/mol. The lowest BCUT2D eigenvalue weighted by atomic mass is 10.1. The highest BCUT2D eigenvalue weighted by Crippen LogP contribution is 2.35. The van der Waals surface area contributed by atoms with Gasteiger partial charge in [0, 0.05) is 0 Å². The molecule has 0 bridgehead atoms. The van der Waals surface area contributed by atoms with Crippen molar-refractivity contribution < 1.29 is 38.1 Å². The van der Waals surface area contributed by atoms with Gasteiger partial charge >= 0.3 is 18.7 Å². The molecule has 0 aliphatic carbocycles. The smallest absolute Gasteiger partial charge is 0.408 e.